The number of carbonyl (C=O) groups excluding carboxylic acids is 1. The second kappa shape index (κ2) is 7.91. The van der Waals surface area contributed by atoms with Gasteiger partial charge in [0.05, 0.1) is 26.0 Å². The number of ether oxygens (including phenoxy) is 2. The number of methoxy groups -OCH3 is 2. The molecule has 0 unspecified atom stereocenters. The van der Waals surface area contributed by atoms with Gasteiger partial charge in [0, 0.05) is 12.0 Å². The molecule has 1 heterocycles. The largest absolute Gasteiger partial charge is 0.493 e. The molecule has 0 spiro atoms. The Morgan fingerprint density at radius 2 is 1.88 bits per heavy atom. The molecule has 0 radical (unpaired) electrons. The van der Waals surface area contributed by atoms with E-state index < -0.39 is 6.10 Å². The van der Waals surface area contributed by atoms with Crippen LogP contribution in [-0.4, -0.2) is 31.9 Å². The smallest absolute Gasteiger partial charge is 0.264 e. The normalized spacial score (nSPS) is 17.0. The molecule has 0 fully saturated rings. The maximum absolute atomic E-state index is 12.5. The summed E-state index contributed by atoms with van der Waals surface area (Å²) in [5.74, 6) is 1.07. The van der Waals surface area contributed by atoms with Crippen LogP contribution in [0.15, 0.2) is 53.7 Å². The first-order valence-corrected chi connectivity index (χ1v) is 8.42. The first-order valence-electron chi connectivity index (χ1n) is 8.42. The number of hydrogen-bond acceptors (Lipinski definition) is 5. The minimum atomic E-state index is -0.635. The molecule has 26 heavy (non-hydrogen) atoms. The predicted octanol–water partition coefficient (Wildman–Crippen LogP) is 3.07. The molecular formula is C20H22N2O4. The molecule has 1 aliphatic heterocycles. The summed E-state index contributed by atoms with van der Waals surface area (Å²) in [6.45, 7) is 1.94. The van der Waals surface area contributed by atoms with Gasteiger partial charge in [-0.1, -0.05) is 35.5 Å². The number of oxime groups is 1. The highest BCUT2D eigenvalue weighted by atomic mass is 16.6. The second-order valence-electron chi connectivity index (χ2n) is 6.05. The number of hydrogen-bond donors (Lipinski definition) is 1. The van der Waals surface area contributed by atoms with Gasteiger partial charge < -0.3 is 19.6 Å². The van der Waals surface area contributed by atoms with Gasteiger partial charge in [-0.3, -0.25) is 4.79 Å². The van der Waals surface area contributed by atoms with E-state index >= 15 is 0 Å². The van der Waals surface area contributed by atoms with E-state index in [1.165, 1.54) is 0 Å². The molecule has 2 aromatic rings. The second-order valence-corrected chi connectivity index (χ2v) is 6.05. The first-order chi connectivity index (χ1) is 12.6. The Morgan fingerprint density at radius 3 is 2.58 bits per heavy atom. The molecule has 2 aromatic carbocycles. The Hall–Kier alpha value is -3.02. The lowest BCUT2D eigenvalue weighted by atomic mass is 10.0. The van der Waals surface area contributed by atoms with Gasteiger partial charge in [0.2, 0.25) is 6.10 Å². The van der Waals surface area contributed by atoms with Crippen molar-refractivity contribution in [1.29, 1.82) is 0 Å². The summed E-state index contributed by atoms with van der Waals surface area (Å²) in [6, 6.07) is 15.2. The lowest BCUT2D eigenvalue weighted by Gasteiger charge is -2.16. The topological polar surface area (TPSA) is 69.2 Å². The highest BCUT2D eigenvalue weighted by molar-refractivity contribution is 6.04. The summed E-state index contributed by atoms with van der Waals surface area (Å²) >= 11 is 0. The molecule has 1 aliphatic rings. The van der Waals surface area contributed by atoms with Gasteiger partial charge in [-0.05, 0) is 30.7 Å². The number of carbonyl (C=O) groups is 1. The van der Waals surface area contributed by atoms with E-state index in [2.05, 4.69) is 10.5 Å². The van der Waals surface area contributed by atoms with Gasteiger partial charge >= 0.3 is 0 Å². The van der Waals surface area contributed by atoms with Gasteiger partial charge in [-0.2, -0.15) is 0 Å². The van der Waals surface area contributed by atoms with Crippen LogP contribution in [0.3, 0.4) is 0 Å². The fourth-order valence-corrected chi connectivity index (χ4v) is 2.84. The Kier molecular flexibility index (Phi) is 5.41. The van der Waals surface area contributed by atoms with Crippen LogP contribution in [0, 0.1) is 0 Å². The van der Waals surface area contributed by atoms with Crippen LogP contribution in [0.25, 0.3) is 0 Å². The standard InChI is InChI=1S/C20H22N2O4/c1-13(14-7-5-4-6-8-14)21-20(23)19-12-16(22-26-19)15-9-10-17(24-2)18(11-15)25-3/h4-11,13,19H,12H2,1-3H3,(H,21,23)/t13-,19+/m1/s1. The Bertz CT molecular complexity index is 805. The minimum Gasteiger partial charge on any atom is -0.493 e. The summed E-state index contributed by atoms with van der Waals surface area (Å²) in [4.78, 5) is 17.8. The summed E-state index contributed by atoms with van der Waals surface area (Å²) in [5, 5.41) is 7.05. The van der Waals surface area contributed by atoms with E-state index in [0.29, 0.717) is 23.6 Å². The van der Waals surface area contributed by atoms with Gasteiger partial charge in [0.15, 0.2) is 11.5 Å². The van der Waals surface area contributed by atoms with Crippen LogP contribution >= 0.6 is 0 Å². The van der Waals surface area contributed by atoms with E-state index in [-0.39, 0.29) is 11.9 Å². The van der Waals surface area contributed by atoms with E-state index in [1.54, 1.807) is 14.2 Å². The van der Waals surface area contributed by atoms with Gasteiger partial charge in [-0.15, -0.1) is 0 Å². The quantitative estimate of drug-likeness (QED) is 0.866. The third kappa shape index (κ3) is 3.79. The molecule has 1 amide bonds. The van der Waals surface area contributed by atoms with Crippen LogP contribution in [0.1, 0.15) is 30.5 Å². The summed E-state index contributed by atoms with van der Waals surface area (Å²) in [6.07, 6.45) is -0.229. The molecule has 0 saturated heterocycles. The number of amides is 1. The van der Waals surface area contributed by atoms with E-state index in [9.17, 15) is 4.79 Å². The van der Waals surface area contributed by atoms with Crippen molar-refractivity contribution >= 4 is 11.6 Å². The molecule has 136 valence electrons. The maximum Gasteiger partial charge on any atom is 0.264 e. The van der Waals surface area contributed by atoms with E-state index in [1.807, 2.05) is 55.5 Å². The monoisotopic (exact) mass is 354 g/mol. The van der Waals surface area contributed by atoms with Crippen molar-refractivity contribution in [3.63, 3.8) is 0 Å². The summed E-state index contributed by atoms with van der Waals surface area (Å²) < 4.78 is 10.6. The van der Waals surface area contributed by atoms with Crippen molar-refractivity contribution in [3.05, 3.63) is 59.7 Å². The third-order valence-corrected chi connectivity index (χ3v) is 4.34. The predicted molar refractivity (Wildman–Crippen MR) is 98.6 cm³/mol. The third-order valence-electron chi connectivity index (χ3n) is 4.34. The average molecular weight is 354 g/mol. The number of nitrogens with zero attached hydrogens (tertiary/aromatic N) is 1. The SMILES string of the molecule is COc1ccc(C2=NO[C@H](C(=O)N[C@H](C)c3ccccc3)C2)cc1OC. The van der Waals surface area contributed by atoms with Crippen molar-refractivity contribution in [2.45, 2.75) is 25.5 Å². The summed E-state index contributed by atoms with van der Waals surface area (Å²) in [7, 11) is 3.16. The average Bonchev–Trinajstić information content (AvgIpc) is 3.18. The highest BCUT2D eigenvalue weighted by Crippen LogP contribution is 2.29. The molecular weight excluding hydrogens is 332 g/mol. The van der Waals surface area contributed by atoms with Crippen molar-refractivity contribution < 1.29 is 19.1 Å². The lowest BCUT2D eigenvalue weighted by molar-refractivity contribution is -0.131. The van der Waals surface area contributed by atoms with Crippen LogP contribution in [0.2, 0.25) is 0 Å². The van der Waals surface area contributed by atoms with Crippen LogP contribution in [-0.2, 0) is 9.63 Å². The minimum absolute atomic E-state index is 0.0996. The van der Waals surface area contributed by atoms with Crippen molar-refractivity contribution in [1.82, 2.24) is 5.32 Å². The number of benzene rings is 2. The van der Waals surface area contributed by atoms with Crippen molar-refractivity contribution in [2.75, 3.05) is 14.2 Å². The number of rotatable bonds is 6. The zero-order valence-corrected chi connectivity index (χ0v) is 15.1. The van der Waals surface area contributed by atoms with Crippen molar-refractivity contribution in [2.24, 2.45) is 5.16 Å². The molecule has 1 N–H and O–H groups in total. The van der Waals surface area contributed by atoms with Gasteiger partial charge in [0.25, 0.3) is 5.91 Å². The van der Waals surface area contributed by atoms with Gasteiger partial charge in [0.1, 0.15) is 0 Å². The van der Waals surface area contributed by atoms with Crippen LogP contribution < -0.4 is 14.8 Å². The Labute approximate surface area is 152 Å². The molecule has 3 rings (SSSR count). The Balaban J connectivity index is 1.63. The molecule has 0 aliphatic carbocycles. The Morgan fingerprint density at radius 1 is 1.15 bits per heavy atom. The maximum atomic E-state index is 12.5. The fourth-order valence-electron chi connectivity index (χ4n) is 2.84. The molecule has 0 bridgehead atoms. The fraction of sp³-hybridized carbons (Fsp3) is 0.300. The van der Waals surface area contributed by atoms with Crippen LogP contribution in [0.5, 0.6) is 11.5 Å². The molecule has 0 saturated carbocycles. The van der Waals surface area contributed by atoms with Gasteiger partial charge in [-0.25, -0.2) is 0 Å². The first kappa shape index (κ1) is 17.8. The summed E-state index contributed by atoms with van der Waals surface area (Å²) in [5.41, 5.74) is 2.59. The zero-order valence-electron chi connectivity index (χ0n) is 15.1. The van der Waals surface area contributed by atoms with Crippen LogP contribution in [0.4, 0.5) is 0 Å². The van der Waals surface area contributed by atoms with Crippen molar-refractivity contribution in [3.8, 4) is 11.5 Å². The molecule has 0 aromatic heterocycles. The number of nitrogens with one attached hydrogen (secondary N) is 1. The van der Waals surface area contributed by atoms with E-state index in [4.69, 9.17) is 14.3 Å². The molecule has 2 atom stereocenters. The zero-order chi connectivity index (χ0) is 18.5. The van der Waals surface area contributed by atoms with E-state index in [0.717, 1.165) is 11.1 Å². The molecule has 6 heteroatoms. The molecule has 6 nitrogen and oxygen atoms in total. The highest BCUT2D eigenvalue weighted by Gasteiger charge is 2.30. The lowest BCUT2D eigenvalue weighted by Crippen LogP contribution is -2.36.